The third-order valence-corrected chi connectivity index (χ3v) is 6.05. The number of benzene rings is 4. The lowest BCUT2D eigenvalue weighted by Gasteiger charge is -2.18. The van der Waals surface area contributed by atoms with Crippen molar-refractivity contribution < 1.29 is 0 Å². The third kappa shape index (κ3) is 5.04. The minimum Gasteiger partial charge on any atom is -0.212 e. The van der Waals surface area contributed by atoms with Crippen molar-refractivity contribution >= 4 is 0 Å². The highest BCUT2D eigenvalue weighted by Crippen LogP contribution is 2.29. The van der Waals surface area contributed by atoms with Gasteiger partial charge in [0.2, 0.25) is 0 Å². The Hall–Kier alpha value is -4.11. The van der Waals surface area contributed by atoms with Crippen LogP contribution in [0.3, 0.4) is 0 Å². The van der Waals surface area contributed by atoms with E-state index < -0.39 is 0 Å². The second-order valence-corrected chi connectivity index (χ2v) is 9.95. The zero-order chi connectivity index (χ0) is 24.4. The Morgan fingerprint density at radius 1 is 0.457 bits per heavy atom. The number of aryl methyl sites for hydroxylation is 1. The highest BCUT2D eigenvalue weighted by atomic mass is 15.0. The maximum absolute atomic E-state index is 4.85. The molecule has 172 valence electrons. The van der Waals surface area contributed by atoms with Crippen LogP contribution in [0.25, 0.3) is 45.0 Å². The smallest absolute Gasteiger partial charge is 0.163 e. The van der Waals surface area contributed by atoms with E-state index in [1.807, 2.05) is 12.1 Å². The zero-order valence-corrected chi connectivity index (χ0v) is 20.7. The lowest BCUT2D eigenvalue weighted by atomic mass is 9.95. The van der Waals surface area contributed by atoms with Crippen LogP contribution in [-0.2, 0) is 5.41 Å². The van der Waals surface area contributed by atoms with Gasteiger partial charge in [0.1, 0.15) is 5.82 Å². The summed E-state index contributed by atoms with van der Waals surface area (Å²) < 4.78 is 0. The van der Waals surface area contributed by atoms with Crippen LogP contribution in [-0.4, -0.2) is 15.0 Å². The fourth-order valence-corrected chi connectivity index (χ4v) is 4.05. The lowest BCUT2D eigenvalue weighted by Crippen LogP contribution is -2.18. The molecule has 0 amide bonds. The van der Waals surface area contributed by atoms with Crippen LogP contribution < -0.4 is 0 Å². The van der Waals surface area contributed by atoms with E-state index in [9.17, 15) is 0 Å². The van der Waals surface area contributed by atoms with Crippen molar-refractivity contribution in [3.05, 3.63) is 115 Å². The van der Waals surface area contributed by atoms with Crippen LogP contribution in [0.2, 0.25) is 0 Å². The average Bonchev–Trinajstić information content (AvgIpc) is 2.89. The fourth-order valence-electron chi connectivity index (χ4n) is 4.05. The molecule has 0 unspecified atom stereocenters. The van der Waals surface area contributed by atoms with E-state index in [0.29, 0.717) is 11.6 Å². The first-order valence-electron chi connectivity index (χ1n) is 12.0. The molecule has 0 saturated carbocycles. The van der Waals surface area contributed by atoms with Gasteiger partial charge >= 0.3 is 0 Å². The van der Waals surface area contributed by atoms with Crippen molar-refractivity contribution in [2.75, 3.05) is 0 Å². The van der Waals surface area contributed by atoms with E-state index in [0.717, 1.165) is 22.5 Å². The predicted molar refractivity (Wildman–Crippen MR) is 145 cm³/mol. The van der Waals surface area contributed by atoms with Crippen molar-refractivity contribution in [1.82, 2.24) is 15.0 Å². The van der Waals surface area contributed by atoms with E-state index in [1.165, 1.54) is 22.3 Å². The molecule has 0 saturated heterocycles. The van der Waals surface area contributed by atoms with Gasteiger partial charge < -0.3 is 0 Å². The molecular formula is C32H29N3. The molecule has 0 aliphatic carbocycles. The van der Waals surface area contributed by atoms with E-state index in [4.69, 9.17) is 15.0 Å². The maximum atomic E-state index is 4.85. The largest absolute Gasteiger partial charge is 0.212 e. The predicted octanol–water partition coefficient (Wildman–Crippen LogP) is 8.15. The molecule has 4 aromatic carbocycles. The van der Waals surface area contributed by atoms with Gasteiger partial charge in [-0.15, -0.1) is 0 Å². The maximum Gasteiger partial charge on any atom is 0.163 e. The Kier molecular flexibility index (Phi) is 6.00. The second-order valence-electron chi connectivity index (χ2n) is 9.95. The zero-order valence-electron chi connectivity index (χ0n) is 20.7. The van der Waals surface area contributed by atoms with Gasteiger partial charge in [-0.05, 0) is 35.2 Å². The molecule has 1 aromatic heterocycles. The molecule has 0 aliphatic rings. The SMILES string of the molecule is Cc1cccc(-c2nc(-c3ccc(-c4ccc(-c5ccccc5)cc4)cc3)nc(C(C)(C)C)n2)c1. The van der Waals surface area contributed by atoms with Gasteiger partial charge in [0, 0.05) is 16.5 Å². The van der Waals surface area contributed by atoms with Crippen molar-refractivity contribution in [3.8, 4) is 45.0 Å². The van der Waals surface area contributed by atoms with Crippen LogP contribution in [0, 0.1) is 6.92 Å². The molecule has 0 atom stereocenters. The van der Waals surface area contributed by atoms with E-state index in [1.54, 1.807) is 0 Å². The minimum atomic E-state index is -0.184. The van der Waals surface area contributed by atoms with E-state index in [2.05, 4.69) is 119 Å². The van der Waals surface area contributed by atoms with Gasteiger partial charge in [0.05, 0.1) is 0 Å². The summed E-state index contributed by atoms with van der Waals surface area (Å²) in [5, 5.41) is 0. The topological polar surface area (TPSA) is 38.7 Å². The number of rotatable bonds is 4. The van der Waals surface area contributed by atoms with Gasteiger partial charge in [-0.3, -0.25) is 0 Å². The summed E-state index contributed by atoms with van der Waals surface area (Å²) in [4.78, 5) is 14.5. The summed E-state index contributed by atoms with van der Waals surface area (Å²) >= 11 is 0. The molecular weight excluding hydrogens is 426 g/mol. The summed E-state index contributed by atoms with van der Waals surface area (Å²) in [7, 11) is 0. The molecule has 35 heavy (non-hydrogen) atoms. The first-order chi connectivity index (χ1) is 16.9. The molecule has 3 heteroatoms. The van der Waals surface area contributed by atoms with E-state index >= 15 is 0 Å². The van der Waals surface area contributed by atoms with Gasteiger partial charge in [0.15, 0.2) is 11.6 Å². The molecule has 5 aromatic rings. The Labute approximate surface area is 207 Å². The normalized spacial score (nSPS) is 11.4. The number of aromatic nitrogens is 3. The van der Waals surface area contributed by atoms with Crippen molar-refractivity contribution in [3.63, 3.8) is 0 Å². The van der Waals surface area contributed by atoms with Gasteiger partial charge in [-0.25, -0.2) is 15.0 Å². The molecule has 3 nitrogen and oxygen atoms in total. The van der Waals surface area contributed by atoms with Crippen LogP contribution in [0.5, 0.6) is 0 Å². The van der Waals surface area contributed by atoms with Gasteiger partial charge in [0.25, 0.3) is 0 Å². The molecule has 0 N–H and O–H groups in total. The van der Waals surface area contributed by atoms with Crippen molar-refractivity contribution in [1.29, 1.82) is 0 Å². The van der Waals surface area contributed by atoms with Crippen molar-refractivity contribution in [2.45, 2.75) is 33.1 Å². The molecule has 0 spiro atoms. The molecule has 0 fully saturated rings. The molecule has 0 bridgehead atoms. The second kappa shape index (κ2) is 9.27. The van der Waals surface area contributed by atoms with Crippen LogP contribution in [0.1, 0.15) is 32.2 Å². The molecule has 1 heterocycles. The lowest BCUT2D eigenvalue weighted by molar-refractivity contribution is 0.543. The Balaban J connectivity index is 1.48. The minimum absolute atomic E-state index is 0.184. The first-order valence-corrected chi connectivity index (χ1v) is 12.0. The summed E-state index contributed by atoms with van der Waals surface area (Å²) in [5.41, 5.74) is 7.78. The summed E-state index contributed by atoms with van der Waals surface area (Å²) in [6, 6.07) is 35.9. The Bertz CT molecular complexity index is 1450. The van der Waals surface area contributed by atoms with Gasteiger partial charge in [-0.1, -0.05) is 123 Å². The van der Waals surface area contributed by atoms with Crippen LogP contribution in [0.4, 0.5) is 0 Å². The standard InChI is InChI=1S/C32H29N3/c1-22-9-8-12-28(21-22)30-33-29(34-31(35-30)32(2,3)4)27-19-17-26(18-20-27)25-15-13-24(14-16-25)23-10-6-5-7-11-23/h5-21H,1-4H3. The summed E-state index contributed by atoms with van der Waals surface area (Å²) in [6.45, 7) is 8.48. The Morgan fingerprint density at radius 3 is 1.43 bits per heavy atom. The number of nitrogens with zero attached hydrogens (tertiary/aromatic N) is 3. The number of hydrogen-bond acceptors (Lipinski definition) is 3. The van der Waals surface area contributed by atoms with Crippen LogP contribution >= 0.6 is 0 Å². The Morgan fingerprint density at radius 2 is 0.914 bits per heavy atom. The quantitative estimate of drug-likeness (QED) is 0.274. The number of hydrogen-bond donors (Lipinski definition) is 0. The summed E-state index contributed by atoms with van der Waals surface area (Å²) in [6.07, 6.45) is 0. The highest BCUT2D eigenvalue weighted by molar-refractivity contribution is 5.72. The third-order valence-electron chi connectivity index (χ3n) is 6.05. The fraction of sp³-hybridized carbons (Fsp3) is 0.156. The molecule has 0 radical (unpaired) electrons. The van der Waals surface area contributed by atoms with Crippen LogP contribution in [0.15, 0.2) is 103 Å². The highest BCUT2D eigenvalue weighted by Gasteiger charge is 2.21. The molecule has 5 rings (SSSR count). The van der Waals surface area contributed by atoms with Gasteiger partial charge in [-0.2, -0.15) is 0 Å². The summed E-state index contributed by atoms with van der Waals surface area (Å²) in [5.74, 6) is 2.20. The monoisotopic (exact) mass is 455 g/mol. The first kappa shape index (κ1) is 22.7. The van der Waals surface area contributed by atoms with E-state index in [-0.39, 0.29) is 5.41 Å². The molecule has 0 aliphatic heterocycles. The van der Waals surface area contributed by atoms with Crippen molar-refractivity contribution in [2.24, 2.45) is 0 Å². The average molecular weight is 456 g/mol.